The van der Waals surface area contributed by atoms with Crippen molar-refractivity contribution in [2.45, 2.75) is 92.1 Å². The maximum absolute atomic E-state index is 11.3. The van der Waals surface area contributed by atoms with Crippen molar-refractivity contribution >= 4 is 5.97 Å². The van der Waals surface area contributed by atoms with Gasteiger partial charge in [-0.3, -0.25) is 0 Å². The molecule has 3 aliphatic rings. The molecule has 0 unspecified atom stereocenters. The standard InChI is InChI=1S/C18H30O17/c19-1-3-5(21)13(34-17-10(26)6(22)7(23)14(35-17)15(28)29)11(27)18(32-3)33-12-4(2-20)31-16(30)9(25)8(12)24/h3-14,16-27,30H,1-2H2,(H,28,29)/t3-,4-,5+,6+,7+,8-,9-,10-,11-,12-,13+,14+,16+,17-,18+/m1/s1. The minimum absolute atomic E-state index is 0.806. The molecule has 3 saturated heterocycles. The molecular formula is C18H30O17. The van der Waals surface area contributed by atoms with Gasteiger partial charge in [0.25, 0.3) is 0 Å². The second kappa shape index (κ2) is 11.5. The number of carbonyl (C=O) groups is 1. The maximum atomic E-state index is 11.3. The van der Waals surface area contributed by atoms with E-state index >= 15 is 0 Å². The molecule has 0 amide bonds. The van der Waals surface area contributed by atoms with Gasteiger partial charge in [0, 0.05) is 0 Å². The Kier molecular flexibility index (Phi) is 9.35. The monoisotopic (exact) mass is 518 g/mol. The molecule has 3 aliphatic heterocycles. The minimum Gasteiger partial charge on any atom is -0.479 e. The third kappa shape index (κ3) is 5.59. The highest BCUT2D eigenvalue weighted by Gasteiger charge is 2.54. The fourth-order valence-electron chi connectivity index (χ4n) is 4.04. The summed E-state index contributed by atoms with van der Waals surface area (Å²) in [6.45, 7) is -1.67. The first-order valence-electron chi connectivity index (χ1n) is 10.6. The third-order valence-electron chi connectivity index (χ3n) is 6.06. The molecule has 0 aromatic rings. The van der Waals surface area contributed by atoms with E-state index in [1.807, 2.05) is 0 Å². The lowest BCUT2D eigenvalue weighted by Crippen LogP contribution is -2.67. The Labute approximate surface area is 196 Å². The molecule has 0 aromatic carbocycles. The molecule has 17 nitrogen and oxygen atoms in total. The molecule has 11 N–H and O–H groups in total. The van der Waals surface area contributed by atoms with Crippen LogP contribution in [0.2, 0.25) is 0 Å². The highest BCUT2D eigenvalue weighted by molar-refractivity contribution is 5.73. The van der Waals surface area contributed by atoms with Crippen LogP contribution >= 0.6 is 0 Å². The molecule has 17 heteroatoms. The van der Waals surface area contributed by atoms with Gasteiger partial charge < -0.3 is 79.9 Å². The Morgan fingerprint density at radius 2 is 1.17 bits per heavy atom. The molecule has 3 heterocycles. The summed E-state index contributed by atoms with van der Waals surface area (Å²) < 4.78 is 26.0. The summed E-state index contributed by atoms with van der Waals surface area (Å²) in [4.78, 5) is 11.3. The largest absolute Gasteiger partial charge is 0.479 e. The third-order valence-corrected chi connectivity index (χ3v) is 6.06. The van der Waals surface area contributed by atoms with Crippen LogP contribution in [0.1, 0.15) is 0 Å². The smallest absolute Gasteiger partial charge is 0.335 e. The number of hydrogen-bond donors (Lipinski definition) is 11. The number of aliphatic hydroxyl groups is 10. The summed E-state index contributed by atoms with van der Waals surface area (Å²) in [6.07, 6.45) is -27.7. The first-order valence-corrected chi connectivity index (χ1v) is 10.6. The molecular weight excluding hydrogens is 488 g/mol. The second-order valence-electron chi connectivity index (χ2n) is 8.37. The van der Waals surface area contributed by atoms with Crippen LogP contribution in [-0.2, 0) is 28.5 Å². The summed E-state index contributed by atoms with van der Waals surface area (Å²) >= 11 is 0. The summed E-state index contributed by atoms with van der Waals surface area (Å²) in [5, 5.41) is 109. The molecule has 0 bridgehead atoms. The molecule has 35 heavy (non-hydrogen) atoms. The Hall–Kier alpha value is -1.13. The average Bonchev–Trinajstić information content (AvgIpc) is 2.82. The van der Waals surface area contributed by atoms with E-state index in [-0.39, 0.29) is 0 Å². The van der Waals surface area contributed by atoms with E-state index in [1.54, 1.807) is 0 Å². The van der Waals surface area contributed by atoms with E-state index in [0.29, 0.717) is 0 Å². The van der Waals surface area contributed by atoms with Crippen molar-refractivity contribution in [3.05, 3.63) is 0 Å². The highest BCUT2D eigenvalue weighted by atomic mass is 16.7. The zero-order valence-corrected chi connectivity index (χ0v) is 17.9. The van der Waals surface area contributed by atoms with Gasteiger partial charge in [0.05, 0.1) is 13.2 Å². The van der Waals surface area contributed by atoms with Crippen molar-refractivity contribution in [3.8, 4) is 0 Å². The van der Waals surface area contributed by atoms with E-state index in [1.165, 1.54) is 0 Å². The topological polar surface area (TPSA) is 286 Å². The van der Waals surface area contributed by atoms with Gasteiger partial charge >= 0.3 is 5.97 Å². The summed E-state index contributed by atoms with van der Waals surface area (Å²) in [6, 6.07) is 0. The normalized spacial score (nSPS) is 51.2. The quantitative estimate of drug-likeness (QED) is 0.149. The van der Waals surface area contributed by atoms with Crippen LogP contribution in [0.3, 0.4) is 0 Å². The Morgan fingerprint density at radius 1 is 0.600 bits per heavy atom. The van der Waals surface area contributed by atoms with E-state index < -0.39 is 111 Å². The zero-order valence-electron chi connectivity index (χ0n) is 17.9. The minimum atomic E-state index is -2.04. The van der Waals surface area contributed by atoms with Crippen LogP contribution < -0.4 is 0 Å². The molecule has 15 atom stereocenters. The Balaban J connectivity index is 1.80. The number of carboxylic acids is 1. The van der Waals surface area contributed by atoms with Gasteiger partial charge in [0.15, 0.2) is 25.0 Å². The number of hydrogen-bond acceptors (Lipinski definition) is 16. The van der Waals surface area contributed by atoms with E-state index in [0.717, 1.165) is 0 Å². The maximum Gasteiger partial charge on any atom is 0.335 e. The fourth-order valence-corrected chi connectivity index (χ4v) is 4.04. The van der Waals surface area contributed by atoms with Gasteiger partial charge in [-0.05, 0) is 0 Å². The van der Waals surface area contributed by atoms with E-state index in [9.17, 15) is 55.9 Å². The van der Waals surface area contributed by atoms with Gasteiger partial charge in [-0.25, -0.2) is 4.79 Å². The van der Waals surface area contributed by atoms with E-state index in [2.05, 4.69) is 0 Å². The number of aliphatic hydroxyl groups excluding tert-OH is 10. The van der Waals surface area contributed by atoms with Crippen molar-refractivity contribution in [1.29, 1.82) is 0 Å². The predicted octanol–water partition coefficient (Wildman–Crippen LogP) is -7.48. The highest BCUT2D eigenvalue weighted by Crippen LogP contribution is 2.32. The van der Waals surface area contributed by atoms with Crippen molar-refractivity contribution in [2.24, 2.45) is 0 Å². The predicted molar refractivity (Wildman–Crippen MR) is 102 cm³/mol. The lowest BCUT2D eigenvalue weighted by molar-refractivity contribution is -0.377. The van der Waals surface area contributed by atoms with Gasteiger partial charge in [-0.15, -0.1) is 0 Å². The summed E-state index contributed by atoms with van der Waals surface area (Å²) in [5.74, 6) is -1.71. The first kappa shape index (κ1) is 28.4. The van der Waals surface area contributed by atoms with Crippen LogP contribution in [0.25, 0.3) is 0 Å². The van der Waals surface area contributed by atoms with Crippen molar-refractivity contribution in [2.75, 3.05) is 13.2 Å². The number of rotatable bonds is 7. The van der Waals surface area contributed by atoms with E-state index in [4.69, 9.17) is 28.8 Å². The molecule has 0 aromatic heterocycles. The van der Waals surface area contributed by atoms with Crippen LogP contribution in [0.5, 0.6) is 0 Å². The molecule has 0 aliphatic carbocycles. The lowest BCUT2D eigenvalue weighted by atomic mass is 9.96. The van der Waals surface area contributed by atoms with Gasteiger partial charge in [-0.2, -0.15) is 0 Å². The number of aliphatic carboxylic acids is 1. The summed E-state index contributed by atoms with van der Waals surface area (Å²) in [7, 11) is 0. The average molecular weight is 518 g/mol. The zero-order chi connectivity index (χ0) is 26.2. The van der Waals surface area contributed by atoms with Crippen LogP contribution in [0, 0.1) is 0 Å². The SMILES string of the molecule is O=C(O)[C@H]1O[C@@H](O[C@H]2[C@@H](O)[C@@H](CO)O[C@@H](O[C@H]3[C@H](O)[C@@H](O)[C@@H](O)O[C@@H]3CO)[C@@H]2O)[C@H](O)[C@@H](O)[C@@H]1O. The van der Waals surface area contributed by atoms with Crippen LogP contribution in [0.15, 0.2) is 0 Å². The molecule has 204 valence electrons. The first-order chi connectivity index (χ1) is 16.4. The molecule has 0 radical (unpaired) electrons. The molecule has 0 spiro atoms. The lowest BCUT2D eigenvalue weighted by Gasteiger charge is -2.47. The van der Waals surface area contributed by atoms with Crippen molar-refractivity contribution in [3.63, 3.8) is 0 Å². The van der Waals surface area contributed by atoms with Gasteiger partial charge in [-0.1, -0.05) is 0 Å². The number of ether oxygens (including phenoxy) is 5. The Bertz CT molecular complexity index is 709. The second-order valence-corrected chi connectivity index (χ2v) is 8.37. The number of carboxylic acid groups (broad SMARTS) is 1. The van der Waals surface area contributed by atoms with Crippen molar-refractivity contribution < 1.29 is 84.7 Å². The molecule has 0 saturated carbocycles. The molecule has 3 rings (SSSR count). The van der Waals surface area contributed by atoms with Gasteiger partial charge in [0.1, 0.15) is 67.1 Å². The fraction of sp³-hybridized carbons (Fsp3) is 0.944. The molecule has 3 fully saturated rings. The summed E-state index contributed by atoms with van der Waals surface area (Å²) in [5.41, 5.74) is 0. The Morgan fingerprint density at radius 3 is 1.74 bits per heavy atom. The van der Waals surface area contributed by atoms with Crippen LogP contribution in [-0.4, -0.2) is 167 Å². The van der Waals surface area contributed by atoms with Crippen molar-refractivity contribution in [1.82, 2.24) is 0 Å². The van der Waals surface area contributed by atoms with Gasteiger partial charge in [0.2, 0.25) is 0 Å². The van der Waals surface area contributed by atoms with Crippen LogP contribution in [0.4, 0.5) is 0 Å².